The minimum atomic E-state index is -4.41. The quantitative estimate of drug-likeness (QED) is 0.0264. The number of rotatable bonds is 54. The Hall–Kier alpha value is -4.37. The van der Waals surface area contributed by atoms with Crippen molar-refractivity contribution in [3.05, 3.63) is 158 Å². The van der Waals surface area contributed by atoms with Gasteiger partial charge in [0.2, 0.25) is 0 Å². The van der Waals surface area contributed by atoms with Crippen molar-refractivity contribution >= 4 is 19.8 Å². The molecular weight excluding hydrogens is 978 g/mol. The lowest BCUT2D eigenvalue weighted by atomic mass is 10.0. The lowest BCUT2D eigenvalue weighted by Crippen LogP contribution is -2.29. The molecule has 0 fully saturated rings. The molecule has 10 heteroatoms. The molecule has 0 aromatic rings. The Balaban J connectivity index is 4.07. The zero-order chi connectivity index (χ0) is 55.9. The molecule has 0 rings (SSSR count). The Morgan fingerprint density at radius 2 is 0.675 bits per heavy atom. The van der Waals surface area contributed by atoms with E-state index in [4.69, 9.17) is 24.3 Å². The molecule has 77 heavy (non-hydrogen) atoms. The van der Waals surface area contributed by atoms with Crippen LogP contribution in [-0.2, 0) is 32.7 Å². The highest BCUT2D eigenvalue weighted by molar-refractivity contribution is 7.47. The number of carbonyl (C=O) groups excluding carboxylic acids is 2. The number of allylic oxidation sites excluding steroid dienone is 26. The smallest absolute Gasteiger partial charge is 0.462 e. The van der Waals surface area contributed by atoms with Gasteiger partial charge in [-0.2, -0.15) is 0 Å². The fourth-order valence-corrected chi connectivity index (χ4v) is 8.32. The van der Waals surface area contributed by atoms with Crippen LogP contribution in [0.15, 0.2) is 158 Å². The van der Waals surface area contributed by atoms with E-state index in [1.807, 2.05) is 0 Å². The summed E-state index contributed by atoms with van der Waals surface area (Å²) < 4.78 is 33.0. The number of hydrogen-bond donors (Lipinski definition) is 2. The third-order valence-electron chi connectivity index (χ3n) is 11.9. The first kappa shape index (κ1) is 72.6. The van der Waals surface area contributed by atoms with Crippen LogP contribution in [0.2, 0.25) is 0 Å². The molecule has 0 bridgehead atoms. The molecule has 2 unspecified atom stereocenters. The molecule has 0 radical (unpaired) electrons. The number of nitrogens with two attached hydrogens (primary N) is 1. The Kier molecular flexibility index (Phi) is 57.4. The van der Waals surface area contributed by atoms with Crippen molar-refractivity contribution < 1.29 is 37.6 Å². The predicted molar refractivity (Wildman–Crippen MR) is 330 cm³/mol. The van der Waals surface area contributed by atoms with E-state index in [9.17, 15) is 19.0 Å². The summed E-state index contributed by atoms with van der Waals surface area (Å²) in [6.07, 6.45) is 88.7. The maximum absolute atomic E-state index is 12.7. The summed E-state index contributed by atoms with van der Waals surface area (Å²) in [6.45, 7) is 3.46. The van der Waals surface area contributed by atoms with E-state index in [0.29, 0.717) is 6.42 Å². The summed E-state index contributed by atoms with van der Waals surface area (Å²) >= 11 is 0. The average Bonchev–Trinajstić information content (AvgIpc) is 3.42. The van der Waals surface area contributed by atoms with Gasteiger partial charge in [0, 0.05) is 19.4 Å². The zero-order valence-electron chi connectivity index (χ0n) is 48.4. The fraction of sp³-hybridized carbons (Fsp3) is 0.582. The van der Waals surface area contributed by atoms with Crippen molar-refractivity contribution in [2.75, 3.05) is 26.4 Å². The Morgan fingerprint density at radius 3 is 1.01 bits per heavy atom. The molecule has 0 aromatic carbocycles. The SMILES string of the molecule is CC/C=C\C/C=C\C/C=C\C/C=C\C/C=C\C/C=C\C/C=C\CCCCCC(=O)OC(COC(=O)CCCCCCCCCCCCCC/C=C\C/C=C\C/C=C\C/C=C\C/C=C\C/C=C\CC)COP(=O)(O)OCCN. The lowest BCUT2D eigenvalue weighted by molar-refractivity contribution is -0.161. The molecule has 0 amide bonds. The summed E-state index contributed by atoms with van der Waals surface area (Å²) in [5.74, 6) is -0.880. The largest absolute Gasteiger partial charge is 0.472 e. The van der Waals surface area contributed by atoms with Crippen LogP contribution in [0, 0.1) is 0 Å². The van der Waals surface area contributed by atoms with Crippen molar-refractivity contribution in [2.45, 2.75) is 225 Å². The van der Waals surface area contributed by atoms with Gasteiger partial charge in [-0.15, -0.1) is 0 Å². The van der Waals surface area contributed by atoms with Crippen molar-refractivity contribution in [1.82, 2.24) is 0 Å². The molecule has 0 saturated carbocycles. The summed E-state index contributed by atoms with van der Waals surface area (Å²) in [5, 5.41) is 0. The average molecular weight is 1090 g/mol. The second kappa shape index (κ2) is 60.9. The first-order valence-electron chi connectivity index (χ1n) is 30.0. The van der Waals surface area contributed by atoms with Gasteiger partial charge in [0.25, 0.3) is 0 Å². The summed E-state index contributed by atoms with van der Waals surface area (Å²) in [6, 6.07) is 0. The van der Waals surface area contributed by atoms with Crippen LogP contribution in [-0.4, -0.2) is 49.3 Å². The van der Waals surface area contributed by atoms with Gasteiger partial charge in [0.1, 0.15) is 6.61 Å². The molecule has 0 aliphatic heterocycles. The number of phosphoric ester groups is 1. The van der Waals surface area contributed by atoms with Crippen molar-refractivity contribution in [3.8, 4) is 0 Å². The molecule has 0 saturated heterocycles. The van der Waals surface area contributed by atoms with Crippen LogP contribution in [0.3, 0.4) is 0 Å². The van der Waals surface area contributed by atoms with E-state index >= 15 is 0 Å². The van der Waals surface area contributed by atoms with Crippen LogP contribution in [0.1, 0.15) is 219 Å². The van der Waals surface area contributed by atoms with Crippen LogP contribution < -0.4 is 5.73 Å². The fourth-order valence-electron chi connectivity index (χ4n) is 7.56. The molecule has 2 atom stereocenters. The van der Waals surface area contributed by atoms with E-state index in [1.54, 1.807) is 0 Å². The van der Waals surface area contributed by atoms with E-state index in [0.717, 1.165) is 128 Å². The number of hydrogen-bond acceptors (Lipinski definition) is 8. The number of phosphoric acid groups is 1. The molecule has 0 spiro atoms. The summed E-state index contributed by atoms with van der Waals surface area (Å²) in [7, 11) is -4.41. The van der Waals surface area contributed by atoms with E-state index in [2.05, 4.69) is 172 Å². The first-order chi connectivity index (χ1) is 37.8. The van der Waals surface area contributed by atoms with Gasteiger partial charge in [-0.05, 0) is 122 Å². The Morgan fingerprint density at radius 1 is 0.390 bits per heavy atom. The Labute approximate surface area is 470 Å². The van der Waals surface area contributed by atoms with E-state index in [1.165, 1.54) is 57.8 Å². The van der Waals surface area contributed by atoms with E-state index in [-0.39, 0.29) is 32.6 Å². The minimum Gasteiger partial charge on any atom is -0.462 e. The maximum Gasteiger partial charge on any atom is 0.472 e. The zero-order valence-corrected chi connectivity index (χ0v) is 49.3. The first-order valence-corrected chi connectivity index (χ1v) is 31.5. The third kappa shape index (κ3) is 60.7. The molecule has 9 nitrogen and oxygen atoms in total. The molecule has 0 aliphatic carbocycles. The van der Waals surface area contributed by atoms with Crippen molar-refractivity contribution in [3.63, 3.8) is 0 Å². The van der Waals surface area contributed by atoms with Crippen LogP contribution in [0.5, 0.6) is 0 Å². The van der Waals surface area contributed by atoms with E-state index < -0.39 is 32.5 Å². The van der Waals surface area contributed by atoms with Crippen LogP contribution >= 0.6 is 7.82 Å². The minimum absolute atomic E-state index is 0.0386. The second-order valence-corrected chi connectivity index (χ2v) is 20.6. The number of esters is 2. The highest BCUT2D eigenvalue weighted by atomic mass is 31.2. The maximum atomic E-state index is 12.7. The lowest BCUT2D eigenvalue weighted by Gasteiger charge is -2.19. The highest BCUT2D eigenvalue weighted by Crippen LogP contribution is 2.43. The van der Waals surface area contributed by atoms with Gasteiger partial charge in [0.15, 0.2) is 6.10 Å². The van der Waals surface area contributed by atoms with Gasteiger partial charge < -0.3 is 20.1 Å². The Bertz CT molecular complexity index is 1810. The van der Waals surface area contributed by atoms with Crippen molar-refractivity contribution in [1.29, 1.82) is 0 Å². The molecule has 0 heterocycles. The molecule has 0 aliphatic rings. The number of carbonyl (C=O) groups is 2. The predicted octanol–water partition coefficient (Wildman–Crippen LogP) is 19.3. The normalized spacial score (nSPS) is 14.2. The molecule has 434 valence electrons. The number of unbranched alkanes of at least 4 members (excludes halogenated alkanes) is 15. The molecule has 3 N–H and O–H groups in total. The van der Waals surface area contributed by atoms with Gasteiger partial charge in [0.05, 0.1) is 13.2 Å². The topological polar surface area (TPSA) is 134 Å². The van der Waals surface area contributed by atoms with Crippen LogP contribution in [0.25, 0.3) is 0 Å². The van der Waals surface area contributed by atoms with Crippen LogP contribution in [0.4, 0.5) is 0 Å². The molecule has 0 aromatic heterocycles. The second-order valence-electron chi connectivity index (χ2n) is 19.1. The van der Waals surface area contributed by atoms with Gasteiger partial charge in [-0.1, -0.05) is 242 Å². The standard InChI is InChI=1S/C67H108NO8P/c1-3-5-7-9-11-13-15-17-19-21-23-25-27-29-30-31-32-33-34-36-37-39-41-43-45-47-49-51-53-55-57-59-66(69)73-63-65(64-75-77(71,72)74-62-61-68)76-67(70)60-58-56-54-52-50-48-46-44-42-40-38-35-28-26-24-22-20-18-16-14-12-10-8-6-4-2/h5-8,11-14,17-20,23-26,29-30,32-33,35,38,42,44,48,50,65H,3-4,9-10,15-16,21-22,27-28,31,34,36-37,39-41,43,45-47,49,51-64,68H2,1-2H3,(H,71,72)/b7-5-,8-6-,13-11-,14-12-,19-17-,20-18-,25-23-,26-24-,30-29-,33-32-,38-35-,44-42-,50-48-. The summed E-state index contributed by atoms with van der Waals surface area (Å²) in [5.41, 5.74) is 5.38. The van der Waals surface area contributed by atoms with Gasteiger partial charge in [-0.3, -0.25) is 18.6 Å². The third-order valence-corrected chi connectivity index (χ3v) is 12.9. The molecular formula is C67H108NO8P. The van der Waals surface area contributed by atoms with Gasteiger partial charge in [-0.25, -0.2) is 4.57 Å². The summed E-state index contributed by atoms with van der Waals surface area (Å²) in [4.78, 5) is 35.2. The highest BCUT2D eigenvalue weighted by Gasteiger charge is 2.26. The van der Waals surface area contributed by atoms with Gasteiger partial charge >= 0.3 is 19.8 Å². The monoisotopic (exact) mass is 1090 g/mol. The van der Waals surface area contributed by atoms with Crippen molar-refractivity contribution in [2.24, 2.45) is 5.73 Å². The number of ether oxygens (including phenoxy) is 2.